The molecule has 0 radical (unpaired) electrons. The molecule has 7 rings (SSSR count). The quantitative estimate of drug-likeness (QED) is 0.231. The van der Waals surface area contributed by atoms with Crippen LogP contribution in [0.5, 0.6) is 0 Å². The number of nitrogens with zero attached hydrogens (tertiary/aromatic N) is 8. The summed E-state index contributed by atoms with van der Waals surface area (Å²) in [5, 5.41) is 30.3. The highest BCUT2D eigenvalue weighted by Crippen LogP contribution is 2.38. The third-order valence-corrected chi connectivity index (χ3v) is 7.33. The van der Waals surface area contributed by atoms with Gasteiger partial charge < -0.3 is 4.57 Å². The van der Waals surface area contributed by atoms with E-state index >= 15 is 0 Å². The second-order valence-corrected chi connectivity index (χ2v) is 9.79. The van der Waals surface area contributed by atoms with Crippen molar-refractivity contribution in [3.05, 3.63) is 126 Å². The molecule has 8 nitrogen and oxygen atoms in total. The molecular formula is C35H18N8. The molecule has 0 saturated heterocycles. The first-order chi connectivity index (χ1) is 21.2. The van der Waals surface area contributed by atoms with E-state index in [0.717, 1.165) is 49.7 Å². The number of nitriles is 3. The van der Waals surface area contributed by atoms with Crippen LogP contribution in [0.1, 0.15) is 16.7 Å². The van der Waals surface area contributed by atoms with E-state index in [4.69, 9.17) is 0 Å². The van der Waals surface area contributed by atoms with Gasteiger partial charge in [-0.2, -0.15) is 15.8 Å². The highest BCUT2D eigenvalue weighted by atomic mass is 15.0. The van der Waals surface area contributed by atoms with Gasteiger partial charge in [-0.3, -0.25) is 0 Å². The fourth-order valence-corrected chi connectivity index (χ4v) is 5.34. The van der Waals surface area contributed by atoms with Crippen molar-refractivity contribution >= 4 is 21.8 Å². The Labute approximate surface area is 246 Å². The van der Waals surface area contributed by atoms with E-state index in [0.29, 0.717) is 28.3 Å². The van der Waals surface area contributed by atoms with E-state index in [1.165, 1.54) is 24.8 Å². The fraction of sp³-hybridized carbons (Fsp3) is 0. The lowest BCUT2D eigenvalue weighted by molar-refractivity contribution is 1.12. The molecule has 3 aromatic heterocycles. The van der Waals surface area contributed by atoms with Gasteiger partial charge in [-0.25, -0.2) is 19.9 Å². The number of hydrogen-bond donors (Lipinski definition) is 0. The SMILES string of the molecule is N#Cc1cnc(-c2ccc(-n3c4ccccc4c4cc(-c5ccccc5C#N)ccc43)c(-c3ncc(C#N)cn3)c2)nc1. The molecule has 0 unspecified atom stereocenters. The highest BCUT2D eigenvalue weighted by molar-refractivity contribution is 6.11. The van der Waals surface area contributed by atoms with Crippen molar-refractivity contribution in [3.63, 3.8) is 0 Å². The van der Waals surface area contributed by atoms with Crippen LogP contribution >= 0.6 is 0 Å². The summed E-state index contributed by atoms with van der Waals surface area (Å²) in [5.74, 6) is 0.901. The largest absolute Gasteiger partial charge is 0.309 e. The predicted octanol–water partition coefficient (Wildman–Crippen LogP) is 6.98. The summed E-state index contributed by atoms with van der Waals surface area (Å²) in [4.78, 5) is 17.8. The maximum atomic E-state index is 9.71. The number of hydrogen-bond acceptors (Lipinski definition) is 7. The van der Waals surface area contributed by atoms with E-state index in [1.54, 1.807) is 0 Å². The zero-order chi connectivity index (χ0) is 29.3. The van der Waals surface area contributed by atoms with Gasteiger partial charge in [-0.15, -0.1) is 0 Å². The molecule has 43 heavy (non-hydrogen) atoms. The maximum Gasteiger partial charge on any atom is 0.161 e. The van der Waals surface area contributed by atoms with Gasteiger partial charge in [-0.1, -0.05) is 42.5 Å². The minimum atomic E-state index is 0.360. The molecule has 0 bridgehead atoms. The molecule has 0 fully saturated rings. The second kappa shape index (κ2) is 10.4. The Morgan fingerprint density at radius 2 is 1.14 bits per heavy atom. The van der Waals surface area contributed by atoms with Crippen LogP contribution in [0, 0.1) is 34.0 Å². The predicted molar refractivity (Wildman–Crippen MR) is 162 cm³/mol. The lowest BCUT2D eigenvalue weighted by Crippen LogP contribution is -2.01. The number of benzene rings is 4. The molecule has 4 aromatic carbocycles. The van der Waals surface area contributed by atoms with Crippen molar-refractivity contribution in [1.29, 1.82) is 15.8 Å². The molecule has 0 amide bonds. The third-order valence-electron chi connectivity index (χ3n) is 7.33. The first-order valence-corrected chi connectivity index (χ1v) is 13.3. The summed E-state index contributed by atoms with van der Waals surface area (Å²) in [6.07, 6.45) is 5.98. The molecule has 198 valence electrons. The summed E-state index contributed by atoms with van der Waals surface area (Å²) in [5.41, 5.74) is 7.42. The molecule has 8 heteroatoms. The molecule has 0 aliphatic rings. The normalized spacial score (nSPS) is 10.7. The lowest BCUT2D eigenvalue weighted by atomic mass is 9.98. The van der Waals surface area contributed by atoms with Crippen LogP contribution in [0.2, 0.25) is 0 Å². The Balaban J connectivity index is 1.49. The number of fused-ring (bicyclic) bond motifs is 3. The van der Waals surface area contributed by atoms with Crippen molar-refractivity contribution in [3.8, 4) is 57.8 Å². The molecule has 0 aliphatic carbocycles. The second-order valence-electron chi connectivity index (χ2n) is 9.79. The highest BCUT2D eigenvalue weighted by Gasteiger charge is 2.19. The number of aromatic nitrogens is 5. The fourth-order valence-electron chi connectivity index (χ4n) is 5.34. The van der Waals surface area contributed by atoms with E-state index in [1.807, 2.05) is 66.7 Å². The minimum absolute atomic E-state index is 0.360. The first-order valence-electron chi connectivity index (χ1n) is 13.3. The van der Waals surface area contributed by atoms with Gasteiger partial charge in [0.25, 0.3) is 0 Å². The minimum Gasteiger partial charge on any atom is -0.309 e. The lowest BCUT2D eigenvalue weighted by Gasteiger charge is -2.15. The van der Waals surface area contributed by atoms with Crippen LogP contribution in [0.3, 0.4) is 0 Å². The van der Waals surface area contributed by atoms with E-state index in [2.05, 4.69) is 60.9 Å². The Morgan fingerprint density at radius 3 is 1.86 bits per heavy atom. The average Bonchev–Trinajstić information content (AvgIpc) is 3.41. The molecule has 0 saturated carbocycles. The summed E-state index contributed by atoms with van der Waals surface area (Å²) in [6.45, 7) is 0. The van der Waals surface area contributed by atoms with E-state index in [9.17, 15) is 15.8 Å². The van der Waals surface area contributed by atoms with Crippen LogP contribution in [0.15, 0.2) is 110 Å². The summed E-state index contributed by atoms with van der Waals surface area (Å²) >= 11 is 0. The van der Waals surface area contributed by atoms with Gasteiger partial charge in [0.2, 0.25) is 0 Å². The van der Waals surface area contributed by atoms with Crippen molar-refractivity contribution in [2.24, 2.45) is 0 Å². The first kappa shape index (κ1) is 25.3. The standard InChI is InChI=1S/C35H18N8/c36-15-22-18-39-34(40-19-22)25-10-12-33(30(14-25)35-41-20-23(16-37)21-42-35)43-31-8-4-3-7-28(31)29-13-24(9-11-32(29)43)27-6-2-1-5-26(27)17-38/h1-14,18-21H. The van der Waals surface area contributed by atoms with Crippen LogP contribution in [0.25, 0.3) is 61.4 Å². The molecule has 0 N–H and O–H groups in total. The van der Waals surface area contributed by atoms with Gasteiger partial charge in [0.1, 0.15) is 12.1 Å². The van der Waals surface area contributed by atoms with Crippen molar-refractivity contribution < 1.29 is 0 Å². The summed E-state index contributed by atoms with van der Waals surface area (Å²) in [6, 6.07) is 34.3. The Hall–Kier alpha value is -6.69. The topological polar surface area (TPSA) is 128 Å². The van der Waals surface area contributed by atoms with Crippen molar-refractivity contribution in [2.75, 3.05) is 0 Å². The van der Waals surface area contributed by atoms with Crippen molar-refractivity contribution in [2.45, 2.75) is 0 Å². The number of para-hydroxylation sites is 1. The zero-order valence-electron chi connectivity index (χ0n) is 22.5. The molecule has 7 aromatic rings. The maximum absolute atomic E-state index is 9.71. The van der Waals surface area contributed by atoms with Crippen molar-refractivity contribution in [1.82, 2.24) is 24.5 Å². The average molecular weight is 551 g/mol. The Bertz CT molecular complexity index is 2310. The van der Waals surface area contributed by atoms with Gasteiger partial charge in [0.05, 0.1) is 39.5 Å². The number of rotatable bonds is 4. The van der Waals surface area contributed by atoms with Gasteiger partial charge in [0.15, 0.2) is 11.6 Å². The molecular weight excluding hydrogens is 532 g/mol. The zero-order valence-corrected chi connectivity index (χ0v) is 22.5. The van der Waals surface area contributed by atoms with E-state index < -0.39 is 0 Å². The van der Waals surface area contributed by atoms with Gasteiger partial charge in [0, 0.05) is 46.7 Å². The van der Waals surface area contributed by atoms with Crippen LogP contribution < -0.4 is 0 Å². The smallest absolute Gasteiger partial charge is 0.161 e. The van der Waals surface area contributed by atoms with Crippen LogP contribution in [-0.4, -0.2) is 24.5 Å². The third kappa shape index (κ3) is 4.31. The molecule has 0 atom stereocenters. The molecule has 3 heterocycles. The van der Waals surface area contributed by atoms with Gasteiger partial charge >= 0.3 is 0 Å². The van der Waals surface area contributed by atoms with Crippen LogP contribution in [0.4, 0.5) is 0 Å². The monoisotopic (exact) mass is 550 g/mol. The Morgan fingerprint density at radius 1 is 0.512 bits per heavy atom. The van der Waals surface area contributed by atoms with Gasteiger partial charge in [-0.05, 0) is 53.6 Å². The van der Waals surface area contributed by atoms with E-state index in [-0.39, 0.29) is 0 Å². The summed E-state index contributed by atoms with van der Waals surface area (Å²) in [7, 11) is 0. The summed E-state index contributed by atoms with van der Waals surface area (Å²) < 4.78 is 2.17. The Kier molecular flexibility index (Phi) is 6.10. The molecule has 0 aliphatic heterocycles. The molecule has 0 spiro atoms. The van der Waals surface area contributed by atoms with Crippen LogP contribution in [-0.2, 0) is 0 Å².